The van der Waals surface area contributed by atoms with Crippen molar-refractivity contribution in [3.05, 3.63) is 48.5 Å². The molecular weight excluding hydrogens is 607 g/mol. The standard InChI is InChI=1S/C36H66P2Si4/c1-25(2)39(26(3)4)33-17-19-35(20-18-33)41(29(9)10,30(11)12)38-42(31(13)14,32(15)16)36-23-21-34(22-24-36)40(37-39,27(5)6)28(7)8/h17-32,37-38H,1-16H3. The van der Waals surface area contributed by atoms with Crippen molar-refractivity contribution in [2.24, 2.45) is 0 Å². The molecular formula is C36H66P2Si4. The lowest BCUT2D eigenvalue weighted by molar-refractivity contribution is 0.930. The van der Waals surface area contributed by atoms with Crippen LogP contribution in [0.15, 0.2) is 48.5 Å². The summed E-state index contributed by atoms with van der Waals surface area (Å²) < 4.78 is 0. The lowest BCUT2D eigenvalue weighted by atomic mass is 10.4. The Morgan fingerprint density at radius 1 is 0.286 bits per heavy atom. The molecule has 2 aromatic carbocycles. The van der Waals surface area contributed by atoms with Gasteiger partial charge in [-0.3, -0.25) is 0 Å². The minimum absolute atomic E-state index is 0.735. The third-order valence-corrected chi connectivity index (χ3v) is 70.4. The molecule has 0 unspecified atom stereocenters. The first-order valence-electron chi connectivity index (χ1n) is 17.2. The molecule has 0 aliphatic carbocycles. The second-order valence-corrected chi connectivity index (χ2v) is 51.0. The maximum Gasteiger partial charge on any atom is 0.111 e. The van der Waals surface area contributed by atoms with Gasteiger partial charge < -0.3 is 0 Å². The van der Waals surface area contributed by atoms with Gasteiger partial charge in [0.2, 0.25) is 0 Å². The predicted molar refractivity (Wildman–Crippen MR) is 212 cm³/mol. The molecule has 42 heavy (non-hydrogen) atoms. The zero-order chi connectivity index (χ0) is 32.0. The van der Waals surface area contributed by atoms with Gasteiger partial charge in [-0.05, 0) is 44.3 Å². The number of rotatable bonds is 8. The van der Waals surface area contributed by atoms with Gasteiger partial charge in [0.1, 0.15) is 31.0 Å². The van der Waals surface area contributed by atoms with Crippen LogP contribution in [-0.4, -0.2) is 31.0 Å². The molecule has 0 atom stereocenters. The van der Waals surface area contributed by atoms with E-state index in [1.165, 1.54) is 0 Å². The van der Waals surface area contributed by atoms with Crippen molar-refractivity contribution in [2.75, 3.05) is 0 Å². The summed E-state index contributed by atoms with van der Waals surface area (Å²) in [5.74, 6) is 0. The van der Waals surface area contributed by atoms with Gasteiger partial charge >= 0.3 is 0 Å². The van der Waals surface area contributed by atoms with Crippen LogP contribution >= 0.6 is 15.4 Å². The minimum Gasteiger partial charge on any atom is -0.134 e. The number of hydrogen-bond donors (Lipinski definition) is 0. The number of benzene rings is 2. The number of hydrogen-bond acceptors (Lipinski definition) is 0. The summed E-state index contributed by atoms with van der Waals surface area (Å²) in [5, 5.41) is 7.04. The first-order chi connectivity index (χ1) is 19.4. The van der Waals surface area contributed by atoms with Crippen molar-refractivity contribution in [3.8, 4) is 0 Å². The van der Waals surface area contributed by atoms with Crippen LogP contribution in [0.4, 0.5) is 0 Å². The van der Waals surface area contributed by atoms with Gasteiger partial charge in [0.15, 0.2) is 0 Å². The first-order valence-corrected chi connectivity index (χ1v) is 31.8. The Morgan fingerprint density at radius 3 is 0.500 bits per heavy atom. The van der Waals surface area contributed by atoms with E-state index in [-0.39, 0.29) is 0 Å². The van der Waals surface area contributed by atoms with Crippen LogP contribution in [0.5, 0.6) is 0 Å². The summed E-state index contributed by atoms with van der Waals surface area (Å²) in [6.07, 6.45) is 0. The van der Waals surface area contributed by atoms with E-state index in [4.69, 9.17) is 0 Å². The Bertz CT molecular complexity index is 948. The molecule has 0 nitrogen and oxygen atoms in total. The third kappa shape index (κ3) is 5.68. The second-order valence-electron chi connectivity index (χ2n) is 16.1. The van der Waals surface area contributed by atoms with E-state index in [2.05, 4.69) is 159 Å². The van der Waals surface area contributed by atoms with Gasteiger partial charge in [-0.15, -0.1) is 15.4 Å². The molecule has 0 spiro atoms. The van der Waals surface area contributed by atoms with Crippen molar-refractivity contribution < 1.29 is 0 Å². The van der Waals surface area contributed by atoms with Gasteiger partial charge in [-0.25, -0.2) is 0 Å². The Morgan fingerprint density at radius 2 is 0.405 bits per heavy atom. The molecule has 236 valence electrons. The lowest BCUT2D eigenvalue weighted by Gasteiger charge is -2.52. The van der Waals surface area contributed by atoms with Gasteiger partial charge in [0.25, 0.3) is 0 Å². The molecule has 0 fully saturated rings. The highest BCUT2D eigenvalue weighted by molar-refractivity contribution is 8.11. The molecule has 0 saturated heterocycles. The highest BCUT2D eigenvalue weighted by Gasteiger charge is 2.55. The van der Waals surface area contributed by atoms with Crippen molar-refractivity contribution >= 4 is 67.1 Å². The van der Waals surface area contributed by atoms with E-state index in [1.54, 1.807) is 20.7 Å². The Hall–Kier alpha value is 0.168. The van der Waals surface area contributed by atoms with Gasteiger partial charge in [0.05, 0.1) is 0 Å². The summed E-state index contributed by atoms with van der Waals surface area (Å²) in [6.45, 7) is 41.4. The van der Waals surface area contributed by atoms with Crippen LogP contribution in [0.1, 0.15) is 111 Å². The van der Waals surface area contributed by atoms with Crippen molar-refractivity contribution in [1.29, 1.82) is 0 Å². The van der Waals surface area contributed by atoms with Crippen LogP contribution in [0.3, 0.4) is 0 Å². The second kappa shape index (κ2) is 13.5. The molecule has 4 bridgehead atoms. The summed E-state index contributed by atoms with van der Waals surface area (Å²) in [7, 11) is -5.20. The molecule has 4 aliphatic heterocycles. The summed E-state index contributed by atoms with van der Waals surface area (Å²) in [5.41, 5.74) is 5.88. The Kier molecular flexibility index (Phi) is 11.8. The van der Waals surface area contributed by atoms with E-state index in [0.29, 0.717) is 0 Å². The highest BCUT2D eigenvalue weighted by Crippen LogP contribution is 2.59. The lowest BCUT2D eigenvalue weighted by Crippen LogP contribution is -2.62. The zero-order valence-electron chi connectivity index (χ0n) is 30.2. The van der Waals surface area contributed by atoms with E-state index >= 15 is 0 Å². The molecule has 6 heteroatoms. The fourth-order valence-corrected chi connectivity index (χ4v) is 80.4. The van der Waals surface area contributed by atoms with Crippen molar-refractivity contribution in [1.82, 2.24) is 0 Å². The average molecular weight is 673 g/mol. The topological polar surface area (TPSA) is 0 Å². The highest BCUT2D eigenvalue weighted by atomic mass is 31.6. The van der Waals surface area contributed by atoms with Crippen LogP contribution in [0.2, 0.25) is 44.3 Å². The van der Waals surface area contributed by atoms with Crippen molar-refractivity contribution in [2.45, 2.75) is 155 Å². The smallest absolute Gasteiger partial charge is 0.111 e. The van der Waals surface area contributed by atoms with E-state index in [9.17, 15) is 0 Å². The molecule has 0 aromatic heterocycles. The predicted octanol–water partition coefficient (Wildman–Crippen LogP) is 10.6. The van der Waals surface area contributed by atoms with Crippen LogP contribution in [-0.2, 0) is 0 Å². The zero-order valence-corrected chi connectivity index (χ0v) is 36.2. The van der Waals surface area contributed by atoms with Gasteiger partial charge in [-0.2, -0.15) is 0 Å². The minimum atomic E-state index is -1.85. The monoisotopic (exact) mass is 672 g/mol. The van der Waals surface area contributed by atoms with E-state index in [0.717, 1.165) is 59.7 Å². The summed E-state index contributed by atoms with van der Waals surface area (Å²) in [6, 6.07) is 21.7. The average Bonchev–Trinajstić information content (AvgIpc) is 2.89. The third-order valence-electron chi connectivity index (χ3n) is 11.8. The molecule has 0 radical (unpaired) electrons. The van der Waals surface area contributed by atoms with Gasteiger partial charge in [-0.1, -0.05) is 180 Å². The van der Waals surface area contributed by atoms with Crippen LogP contribution < -0.4 is 20.7 Å². The molecule has 0 N–H and O–H groups in total. The molecule has 6 rings (SSSR count). The Balaban J connectivity index is 2.59. The van der Waals surface area contributed by atoms with Crippen molar-refractivity contribution in [3.63, 3.8) is 0 Å². The Labute approximate surface area is 269 Å². The molecule has 4 aliphatic rings. The maximum absolute atomic E-state index is 2.72. The normalized spacial score (nSPS) is 21.0. The van der Waals surface area contributed by atoms with Gasteiger partial charge in [0, 0.05) is 0 Å². The molecule has 0 amide bonds. The fourth-order valence-electron chi connectivity index (χ4n) is 9.50. The largest absolute Gasteiger partial charge is 0.134 e. The maximum atomic E-state index is 2.72. The van der Waals surface area contributed by atoms with Crippen LogP contribution in [0, 0.1) is 0 Å². The SMILES string of the molecule is CC(C)[Si]1(C(C)C)P[Si](C(C)C)(C(C)C)c2ccc(cc2)[Si](C(C)C)(C(C)C)P[Si](C(C)C)(C(C)C)c2ccc1cc2. The van der Waals surface area contributed by atoms with E-state index < -0.39 is 31.0 Å². The molecule has 4 heterocycles. The fraction of sp³-hybridized carbons (Fsp3) is 0.667. The summed E-state index contributed by atoms with van der Waals surface area (Å²) >= 11 is 0. The molecule has 2 aromatic rings. The van der Waals surface area contributed by atoms with Crippen LogP contribution in [0.25, 0.3) is 0 Å². The summed E-state index contributed by atoms with van der Waals surface area (Å²) in [4.78, 5) is 0. The van der Waals surface area contributed by atoms with E-state index in [1.807, 2.05) is 0 Å². The first kappa shape index (κ1) is 36.6. The quantitative estimate of drug-likeness (QED) is 0.193. The molecule has 0 saturated carbocycles.